The number of rotatable bonds is 5. The van der Waals surface area contributed by atoms with E-state index >= 15 is 0 Å². The zero-order valence-corrected chi connectivity index (χ0v) is 17.3. The molecule has 2 atom stereocenters. The Morgan fingerprint density at radius 1 is 1.00 bits per heavy atom. The maximum absolute atomic E-state index is 13.3. The predicted octanol–water partition coefficient (Wildman–Crippen LogP) is 1.59. The first-order valence-electron chi connectivity index (χ1n) is 9.31. The van der Waals surface area contributed by atoms with Crippen LogP contribution in [0.3, 0.4) is 0 Å². The van der Waals surface area contributed by atoms with E-state index in [0.29, 0.717) is 23.6 Å². The molecule has 10 heteroatoms. The summed E-state index contributed by atoms with van der Waals surface area (Å²) < 4.78 is 37.9. The first kappa shape index (κ1) is 20.2. The van der Waals surface area contributed by atoms with Crippen molar-refractivity contribution in [2.24, 2.45) is 0 Å². The summed E-state index contributed by atoms with van der Waals surface area (Å²) in [5.74, 6) is 0.411. The molecule has 2 fully saturated rings. The van der Waals surface area contributed by atoms with Crippen molar-refractivity contribution in [3.05, 3.63) is 48.5 Å². The number of sulfonamides is 1. The normalized spacial score (nSPS) is 21.9. The third-order valence-corrected chi connectivity index (χ3v) is 7.21. The van der Waals surface area contributed by atoms with Crippen molar-refractivity contribution in [2.75, 3.05) is 25.7 Å². The summed E-state index contributed by atoms with van der Waals surface area (Å²) in [4.78, 5) is 26.9. The average molecular weight is 431 g/mol. The second kappa shape index (κ2) is 7.62. The number of methoxy groups -OCH3 is 2. The lowest BCUT2D eigenvalue weighted by atomic mass is 10.1. The van der Waals surface area contributed by atoms with E-state index in [-0.39, 0.29) is 11.4 Å². The van der Waals surface area contributed by atoms with Crippen LogP contribution in [0.5, 0.6) is 11.5 Å². The number of hydrogen-bond acceptors (Lipinski definition) is 6. The van der Waals surface area contributed by atoms with Gasteiger partial charge >= 0.3 is 6.03 Å². The van der Waals surface area contributed by atoms with Gasteiger partial charge in [-0.2, -0.15) is 4.31 Å². The number of nitrogens with zero attached hydrogens (tertiary/aromatic N) is 2. The van der Waals surface area contributed by atoms with E-state index in [2.05, 4.69) is 5.32 Å². The number of fused-ring (bicyclic) bond motifs is 1. The Hall–Kier alpha value is -3.11. The number of carbonyl (C=O) groups excluding carboxylic acids is 2. The van der Waals surface area contributed by atoms with Crippen LogP contribution in [0.4, 0.5) is 10.5 Å². The Kier molecular flexibility index (Phi) is 5.12. The van der Waals surface area contributed by atoms with Gasteiger partial charge in [-0.15, -0.1) is 0 Å². The van der Waals surface area contributed by atoms with Crippen molar-refractivity contribution in [2.45, 2.75) is 23.4 Å². The fourth-order valence-corrected chi connectivity index (χ4v) is 5.45. The van der Waals surface area contributed by atoms with Crippen LogP contribution < -0.4 is 19.7 Å². The highest BCUT2D eigenvalue weighted by Gasteiger charge is 2.52. The van der Waals surface area contributed by atoms with Gasteiger partial charge in [-0.3, -0.25) is 4.79 Å². The monoisotopic (exact) mass is 431 g/mol. The van der Waals surface area contributed by atoms with Crippen LogP contribution in [0.1, 0.15) is 6.42 Å². The van der Waals surface area contributed by atoms with Crippen LogP contribution >= 0.6 is 0 Å². The molecule has 0 radical (unpaired) electrons. The molecule has 158 valence electrons. The molecule has 2 aromatic carbocycles. The number of hydrogen-bond donors (Lipinski definition) is 1. The Morgan fingerprint density at radius 2 is 1.70 bits per heavy atom. The highest BCUT2D eigenvalue weighted by Crippen LogP contribution is 2.33. The van der Waals surface area contributed by atoms with E-state index in [1.165, 1.54) is 26.4 Å². The summed E-state index contributed by atoms with van der Waals surface area (Å²) in [6, 6.07) is 10.3. The maximum Gasteiger partial charge on any atom is 0.329 e. The maximum atomic E-state index is 13.3. The molecule has 2 aliphatic rings. The molecule has 4 rings (SSSR count). The Morgan fingerprint density at radius 3 is 2.37 bits per heavy atom. The minimum atomic E-state index is -3.95. The molecular weight excluding hydrogens is 410 g/mol. The lowest BCUT2D eigenvalue weighted by Gasteiger charge is -2.36. The number of anilines is 1. The van der Waals surface area contributed by atoms with Crippen molar-refractivity contribution in [1.82, 2.24) is 9.62 Å². The summed E-state index contributed by atoms with van der Waals surface area (Å²) in [5.41, 5.74) is 0.309. The first-order chi connectivity index (χ1) is 14.4. The lowest BCUT2D eigenvalue weighted by molar-refractivity contribution is -0.122. The van der Waals surface area contributed by atoms with Crippen molar-refractivity contribution in [3.63, 3.8) is 0 Å². The van der Waals surface area contributed by atoms with Gasteiger partial charge in [0.15, 0.2) is 0 Å². The first-order valence-corrected chi connectivity index (χ1v) is 10.8. The highest BCUT2D eigenvalue weighted by molar-refractivity contribution is 7.89. The predicted molar refractivity (Wildman–Crippen MR) is 108 cm³/mol. The molecule has 1 N–H and O–H groups in total. The molecule has 0 bridgehead atoms. The van der Waals surface area contributed by atoms with Crippen molar-refractivity contribution < 1.29 is 27.5 Å². The zero-order valence-electron chi connectivity index (χ0n) is 16.4. The molecule has 2 heterocycles. The quantitative estimate of drug-likeness (QED) is 0.771. The molecule has 30 heavy (non-hydrogen) atoms. The van der Waals surface area contributed by atoms with E-state index in [9.17, 15) is 18.0 Å². The highest BCUT2D eigenvalue weighted by atomic mass is 32.2. The van der Waals surface area contributed by atoms with Crippen LogP contribution in [-0.4, -0.2) is 57.5 Å². The van der Waals surface area contributed by atoms with E-state index < -0.39 is 34.0 Å². The molecule has 0 aromatic heterocycles. The molecule has 0 aliphatic carbocycles. The standard InChI is InChI=1S/C20H21N3O6S/c1-28-14-6-8-16(9-7-14)30(26,27)22-11-10-17-18(22)19(24)23(20(25)21-17)13-4-3-5-15(12-13)29-2/h3-9,12,17-18H,10-11H2,1-2H3,(H,21,25)/t17-,18-/m0/s1. The largest absolute Gasteiger partial charge is 0.497 e. The van der Waals surface area contributed by atoms with Gasteiger partial charge in [-0.25, -0.2) is 18.1 Å². The molecule has 2 saturated heterocycles. The van der Waals surface area contributed by atoms with Gasteiger partial charge in [0.25, 0.3) is 5.91 Å². The molecule has 0 saturated carbocycles. The van der Waals surface area contributed by atoms with Crippen LogP contribution in [0.2, 0.25) is 0 Å². The topological polar surface area (TPSA) is 105 Å². The Bertz CT molecular complexity index is 1090. The number of urea groups is 1. The van der Waals surface area contributed by atoms with Gasteiger partial charge in [0, 0.05) is 12.6 Å². The fraction of sp³-hybridized carbons (Fsp3) is 0.300. The minimum Gasteiger partial charge on any atom is -0.497 e. The van der Waals surface area contributed by atoms with E-state index in [0.717, 1.165) is 9.21 Å². The van der Waals surface area contributed by atoms with E-state index in [1.807, 2.05) is 0 Å². The van der Waals surface area contributed by atoms with Crippen LogP contribution in [0.15, 0.2) is 53.4 Å². The van der Waals surface area contributed by atoms with E-state index in [4.69, 9.17) is 9.47 Å². The Balaban J connectivity index is 1.68. The summed E-state index contributed by atoms with van der Waals surface area (Å²) in [6.45, 7) is 0.127. The van der Waals surface area contributed by atoms with Gasteiger partial charge in [-0.05, 0) is 42.8 Å². The lowest BCUT2D eigenvalue weighted by Crippen LogP contribution is -2.64. The molecule has 9 nitrogen and oxygen atoms in total. The third kappa shape index (κ3) is 3.27. The minimum absolute atomic E-state index is 0.0570. The molecule has 0 unspecified atom stereocenters. The Labute approximate surface area is 174 Å². The van der Waals surface area contributed by atoms with Crippen LogP contribution in [0.25, 0.3) is 0 Å². The number of benzene rings is 2. The molecule has 2 aromatic rings. The van der Waals surface area contributed by atoms with Crippen molar-refractivity contribution in [1.29, 1.82) is 0 Å². The van der Waals surface area contributed by atoms with Crippen molar-refractivity contribution in [3.8, 4) is 11.5 Å². The summed E-state index contributed by atoms with van der Waals surface area (Å²) in [5, 5.41) is 2.77. The SMILES string of the molecule is COc1ccc(S(=O)(=O)N2CC[C@@H]3NC(=O)N(c4cccc(OC)c4)C(=O)[C@H]32)cc1. The molecule has 3 amide bonds. The van der Waals surface area contributed by atoms with Crippen molar-refractivity contribution >= 4 is 27.6 Å². The summed E-state index contributed by atoms with van der Waals surface area (Å²) in [7, 11) is -0.978. The molecular formula is C20H21N3O6S. The second-order valence-corrected chi connectivity index (χ2v) is 8.85. The number of carbonyl (C=O) groups is 2. The zero-order chi connectivity index (χ0) is 21.5. The van der Waals surface area contributed by atoms with Gasteiger partial charge in [-0.1, -0.05) is 6.07 Å². The average Bonchev–Trinajstić information content (AvgIpc) is 3.19. The number of imide groups is 1. The second-order valence-electron chi connectivity index (χ2n) is 6.96. The number of amides is 3. The molecule has 0 spiro atoms. The number of nitrogens with one attached hydrogen (secondary N) is 1. The number of ether oxygens (including phenoxy) is 2. The van der Waals surface area contributed by atoms with Crippen LogP contribution in [0, 0.1) is 0 Å². The van der Waals surface area contributed by atoms with Gasteiger partial charge < -0.3 is 14.8 Å². The summed E-state index contributed by atoms with van der Waals surface area (Å²) >= 11 is 0. The van der Waals surface area contributed by atoms with Gasteiger partial charge in [0.05, 0.1) is 30.8 Å². The fourth-order valence-electron chi connectivity index (χ4n) is 3.81. The molecule has 2 aliphatic heterocycles. The smallest absolute Gasteiger partial charge is 0.329 e. The van der Waals surface area contributed by atoms with E-state index in [1.54, 1.807) is 36.4 Å². The van der Waals surface area contributed by atoms with Gasteiger partial charge in [0.2, 0.25) is 10.0 Å². The summed E-state index contributed by atoms with van der Waals surface area (Å²) in [6.07, 6.45) is 0.351. The van der Waals surface area contributed by atoms with Gasteiger partial charge in [0.1, 0.15) is 17.5 Å². The van der Waals surface area contributed by atoms with Crippen LogP contribution in [-0.2, 0) is 14.8 Å². The third-order valence-electron chi connectivity index (χ3n) is 5.31.